The molecule has 2 bridgehead atoms. The molecule has 14 heteroatoms. The van der Waals surface area contributed by atoms with Crippen molar-refractivity contribution < 1.29 is 63.0 Å². The summed E-state index contributed by atoms with van der Waals surface area (Å²) in [4.78, 5) is 71.2. The van der Waals surface area contributed by atoms with Gasteiger partial charge in [-0.15, -0.1) is 0 Å². The van der Waals surface area contributed by atoms with Gasteiger partial charge in [0.25, 0.3) is 0 Å². The van der Waals surface area contributed by atoms with Crippen molar-refractivity contribution in [1.82, 2.24) is 5.32 Å². The lowest BCUT2D eigenvalue weighted by Gasteiger charge is -2.66. The number of benzene rings is 3. The number of Topliss-reactive ketones (excluding diaryl/α,β-unsaturated/α-hetero) is 1. The molecule has 3 aromatic carbocycles. The molecule has 1 spiro atoms. The van der Waals surface area contributed by atoms with E-state index in [1.54, 1.807) is 57.2 Å². The number of aliphatic hydroxyl groups is 3. The molecule has 2 aliphatic heterocycles. The number of ketones is 1. The molecule has 5 aliphatic rings. The van der Waals surface area contributed by atoms with Crippen LogP contribution in [0.4, 0.5) is 0 Å². The maximum atomic E-state index is 15.4. The number of rotatable bonds is 8. The Morgan fingerprint density at radius 1 is 0.885 bits per heavy atom. The summed E-state index contributed by atoms with van der Waals surface area (Å²) in [6.07, 6.45) is -8.97. The monoisotopic (exact) mass is 837 g/mol. The Kier molecular flexibility index (Phi) is 10.8. The Balaban J connectivity index is 1.25. The van der Waals surface area contributed by atoms with Gasteiger partial charge in [0, 0.05) is 37.6 Å². The van der Waals surface area contributed by atoms with E-state index in [2.05, 4.69) is 5.32 Å². The maximum absolute atomic E-state index is 15.4. The van der Waals surface area contributed by atoms with E-state index in [4.69, 9.17) is 23.7 Å². The van der Waals surface area contributed by atoms with Gasteiger partial charge >= 0.3 is 23.9 Å². The van der Waals surface area contributed by atoms with Crippen molar-refractivity contribution in [3.8, 4) is 0 Å². The Labute approximate surface area is 353 Å². The molecule has 4 N–H and O–H groups in total. The summed E-state index contributed by atoms with van der Waals surface area (Å²) in [6, 6.07) is 23.2. The summed E-state index contributed by atoms with van der Waals surface area (Å²) in [6.45, 7) is 7.32. The van der Waals surface area contributed by atoms with E-state index in [0.29, 0.717) is 16.7 Å². The van der Waals surface area contributed by atoms with E-state index in [1.165, 1.54) is 19.1 Å². The molecule has 2 heterocycles. The van der Waals surface area contributed by atoms with Gasteiger partial charge in [-0.3, -0.25) is 19.7 Å². The predicted octanol–water partition coefficient (Wildman–Crippen LogP) is 4.61. The van der Waals surface area contributed by atoms with Crippen molar-refractivity contribution in [2.75, 3.05) is 6.61 Å². The number of aliphatic hydroxyl groups excluding tert-OH is 2. The minimum atomic E-state index is -2.28. The van der Waals surface area contributed by atoms with Gasteiger partial charge in [0.2, 0.25) is 0 Å². The number of hydrogen-bond donors (Lipinski definition) is 4. The van der Waals surface area contributed by atoms with Gasteiger partial charge in [-0.1, -0.05) is 92.2 Å². The van der Waals surface area contributed by atoms with E-state index >= 15 is 4.79 Å². The molecule has 14 nitrogen and oxygen atoms in total. The topological polar surface area (TPSA) is 204 Å². The van der Waals surface area contributed by atoms with Crippen LogP contribution in [0.15, 0.2) is 96.1 Å². The Morgan fingerprint density at radius 3 is 2.10 bits per heavy atom. The average molecular weight is 838 g/mol. The lowest BCUT2D eigenvalue weighted by atomic mass is 9.46. The third-order valence-corrected chi connectivity index (χ3v) is 14.0. The number of carbonyl (C=O) groups excluding carboxylic acids is 5. The molecule has 3 unspecified atom stereocenters. The van der Waals surface area contributed by atoms with Gasteiger partial charge in [-0.2, -0.15) is 0 Å². The SMILES string of the molecule is CC(=O)O[C@H]1C(=O)[C@@]2(C)C3[C@H](OC(=O)c4ccccc4C(=O)O[C@]34COC4C[C@@H]2O)[C@]2(O)C[C@H](OC(=O)C[C@@H](NC(O)c3ccccc3)c3ccccc3)CC(C)=C1C2(C)C. The first kappa shape index (κ1) is 42.4. The first-order valence-electron chi connectivity index (χ1n) is 20.6. The third-order valence-electron chi connectivity index (χ3n) is 14.0. The second kappa shape index (κ2) is 15.6. The van der Waals surface area contributed by atoms with Crippen molar-refractivity contribution in [2.45, 2.75) is 114 Å². The van der Waals surface area contributed by atoms with Crippen LogP contribution in [0.1, 0.15) is 104 Å². The highest BCUT2D eigenvalue weighted by Crippen LogP contribution is 2.64. The molecule has 3 aromatic rings. The standard InChI is InChI=1S/C47H51NO13/c1-25-20-29(59-35(51)21-32(27-14-8-6-9-15-27)48-41(53)28-16-10-7-11-17-28)23-47(56)40-38-45(5,39(52)37(58-26(2)49)36(25)44(47,3)4)33(50)22-34-46(38,24-57-34)61-43(55)31-19-13-12-18-30(31)42(54)60-40/h6-19,29,32-34,37-38,40-41,48,50,53,56H,20-24H2,1-5H3/t29-,32-,33+,34?,37-,38?,40+,41?,45-,46+,47-/m1/s1. The van der Waals surface area contributed by atoms with Gasteiger partial charge < -0.3 is 39.0 Å². The van der Waals surface area contributed by atoms with Crippen molar-refractivity contribution in [3.63, 3.8) is 0 Å². The lowest BCUT2D eigenvalue weighted by molar-refractivity contribution is -0.340. The number of fused-ring (bicyclic) bond motifs is 4. The van der Waals surface area contributed by atoms with Crippen LogP contribution in [-0.2, 0) is 38.1 Å². The smallest absolute Gasteiger partial charge is 0.339 e. The number of ether oxygens (including phenoxy) is 5. The molecule has 0 aromatic heterocycles. The molecule has 3 fully saturated rings. The van der Waals surface area contributed by atoms with Crippen LogP contribution in [0.3, 0.4) is 0 Å². The van der Waals surface area contributed by atoms with Gasteiger partial charge in [-0.05, 0) is 42.7 Å². The zero-order valence-corrected chi connectivity index (χ0v) is 34.7. The third kappa shape index (κ3) is 6.89. The molecule has 0 amide bonds. The molecule has 8 rings (SSSR count). The Hall–Kier alpha value is -5.25. The normalized spacial score (nSPS) is 33.7. The highest BCUT2D eigenvalue weighted by molar-refractivity contribution is 6.04. The number of hydrogen-bond acceptors (Lipinski definition) is 14. The highest BCUT2D eigenvalue weighted by atomic mass is 16.6. The van der Waals surface area contributed by atoms with Crippen LogP contribution in [0.25, 0.3) is 0 Å². The van der Waals surface area contributed by atoms with Crippen LogP contribution in [0.2, 0.25) is 0 Å². The Morgan fingerprint density at radius 2 is 1.49 bits per heavy atom. The predicted molar refractivity (Wildman–Crippen MR) is 215 cm³/mol. The van der Waals surface area contributed by atoms with E-state index in [1.807, 2.05) is 36.4 Å². The average Bonchev–Trinajstić information content (AvgIpc) is 3.26. The van der Waals surface area contributed by atoms with Gasteiger partial charge in [0.1, 0.15) is 30.1 Å². The van der Waals surface area contributed by atoms with Crippen molar-refractivity contribution in [3.05, 3.63) is 118 Å². The van der Waals surface area contributed by atoms with Crippen LogP contribution < -0.4 is 5.32 Å². The van der Waals surface area contributed by atoms with Gasteiger partial charge in [-0.25, -0.2) is 9.59 Å². The van der Waals surface area contributed by atoms with Crippen molar-refractivity contribution in [2.24, 2.45) is 16.7 Å². The molecular formula is C47H51NO13. The summed E-state index contributed by atoms with van der Waals surface area (Å²) >= 11 is 0. The van der Waals surface area contributed by atoms with Gasteiger partial charge in [0.05, 0.1) is 41.6 Å². The zero-order valence-electron chi connectivity index (χ0n) is 34.7. The molecule has 0 radical (unpaired) electrons. The first-order chi connectivity index (χ1) is 28.9. The minimum absolute atomic E-state index is 0.0345. The van der Waals surface area contributed by atoms with Crippen LogP contribution in [-0.4, -0.2) is 93.3 Å². The molecule has 3 aliphatic carbocycles. The summed E-state index contributed by atoms with van der Waals surface area (Å²) in [5.41, 5.74) is -5.87. The fourth-order valence-corrected chi connectivity index (χ4v) is 10.8. The summed E-state index contributed by atoms with van der Waals surface area (Å²) in [5.74, 6) is -5.59. The zero-order chi connectivity index (χ0) is 43.6. The van der Waals surface area contributed by atoms with E-state index < -0.39 is 100 Å². The van der Waals surface area contributed by atoms with Crippen molar-refractivity contribution >= 4 is 29.7 Å². The molecular weight excluding hydrogens is 787 g/mol. The number of carbonyl (C=O) groups is 5. The fraction of sp³-hybridized carbons (Fsp3) is 0.468. The second-order valence-electron chi connectivity index (χ2n) is 17.8. The quantitative estimate of drug-likeness (QED) is 0.106. The van der Waals surface area contributed by atoms with Crippen LogP contribution in [0, 0.1) is 16.7 Å². The van der Waals surface area contributed by atoms with E-state index in [0.717, 1.165) is 6.92 Å². The first-order valence-corrected chi connectivity index (χ1v) is 20.6. The number of esters is 4. The van der Waals surface area contributed by atoms with Gasteiger partial charge in [0.15, 0.2) is 17.5 Å². The molecule has 2 saturated carbocycles. The molecule has 322 valence electrons. The largest absolute Gasteiger partial charge is 0.462 e. The fourth-order valence-electron chi connectivity index (χ4n) is 10.8. The van der Waals surface area contributed by atoms with Crippen LogP contribution in [0.5, 0.6) is 0 Å². The number of nitrogens with one attached hydrogen (secondary N) is 1. The summed E-state index contributed by atoms with van der Waals surface area (Å²) in [5, 5.41) is 40.2. The van der Waals surface area contributed by atoms with Crippen molar-refractivity contribution in [1.29, 1.82) is 0 Å². The Bertz CT molecular complexity index is 2280. The van der Waals surface area contributed by atoms with E-state index in [-0.39, 0.29) is 49.0 Å². The molecule has 61 heavy (non-hydrogen) atoms. The lowest BCUT2D eigenvalue weighted by Crippen LogP contribution is -2.81. The summed E-state index contributed by atoms with van der Waals surface area (Å²) in [7, 11) is 0. The maximum Gasteiger partial charge on any atom is 0.339 e. The molecule has 11 atom stereocenters. The molecule has 1 saturated heterocycles. The minimum Gasteiger partial charge on any atom is -0.462 e. The highest BCUT2D eigenvalue weighted by Gasteiger charge is 2.78. The van der Waals surface area contributed by atoms with Crippen LogP contribution >= 0.6 is 0 Å². The van der Waals surface area contributed by atoms with E-state index in [9.17, 15) is 34.5 Å². The second-order valence-corrected chi connectivity index (χ2v) is 17.8. The summed E-state index contributed by atoms with van der Waals surface area (Å²) < 4.78 is 31.0.